The maximum Gasteiger partial charge on any atom is 0.341 e. The van der Waals surface area contributed by atoms with Gasteiger partial charge in [0.2, 0.25) is 0 Å². The zero-order chi connectivity index (χ0) is 23.2. The second-order valence-electron chi connectivity index (χ2n) is 7.15. The number of carbonyl (C=O) groups is 1. The van der Waals surface area contributed by atoms with Gasteiger partial charge in [-0.15, -0.1) is 11.3 Å². The third kappa shape index (κ3) is 5.48. The van der Waals surface area contributed by atoms with Crippen molar-refractivity contribution in [2.75, 3.05) is 13.7 Å². The van der Waals surface area contributed by atoms with Gasteiger partial charge in [-0.2, -0.15) is 0 Å². The fraction of sp³-hybridized carbons (Fsp3) is 0.160. The molecule has 8 heteroatoms. The second-order valence-corrected chi connectivity index (χ2v) is 8.23. The Hall–Kier alpha value is -3.91. The number of methoxy groups -OCH3 is 1. The number of aliphatic carboxylic acids is 1. The lowest BCUT2D eigenvalue weighted by molar-refractivity contribution is -0.139. The van der Waals surface area contributed by atoms with Gasteiger partial charge in [0.15, 0.2) is 6.61 Å². The standard InChI is InChI=1S/C25H22N2O5S/c1-16-13-20(7-8-21(16)32-15-23(28)29)31-14-22-27-24(17-3-5-19(30-2)6-4-17)25(33-22)18-9-11-26-12-10-18/h3-13H,14-15H2,1-2H3,(H,28,29). The van der Waals surface area contributed by atoms with Gasteiger partial charge in [-0.1, -0.05) is 0 Å². The van der Waals surface area contributed by atoms with Crippen LogP contribution in [0.2, 0.25) is 0 Å². The number of aryl methyl sites for hydroxylation is 1. The average molecular weight is 463 g/mol. The fourth-order valence-corrected chi connectivity index (χ4v) is 4.23. The van der Waals surface area contributed by atoms with Gasteiger partial charge in [0.05, 0.1) is 17.7 Å². The Morgan fingerprint density at radius 1 is 0.970 bits per heavy atom. The average Bonchev–Trinajstić information content (AvgIpc) is 3.27. The van der Waals surface area contributed by atoms with Crippen LogP contribution < -0.4 is 14.2 Å². The summed E-state index contributed by atoms with van der Waals surface area (Å²) in [6.45, 7) is 1.76. The molecule has 4 aromatic rings. The van der Waals surface area contributed by atoms with E-state index >= 15 is 0 Å². The molecular weight excluding hydrogens is 440 g/mol. The maximum atomic E-state index is 10.7. The highest BCUT2D eigenvalue weighted by Gasteiger charge is 2.16. The number of nitrogens with zero attached hydrogens (tertiary/aromatic N) is 2. The van der Waals surface area contributed by atoms with Gasteiger partial charge in [-0.25, -0.2) is 9.78 Å². The summed E-state index contributed by atoms with van der Waals surface area (Å²) in [7, 11) is 1.64. The SMILES string of the molecule is COc1ccc(-c2nc(COc3ccc(OCC(=O)O)c(C)c3)sc2-c2ccncc2)cc1. The Labute approximate surface area is 195 Å². The molecule has 4 rings (SSSR count). The lowest BCUT2D eigenvalue weighted by Crippen LogP contribution is -2.10. The number of rotatable bonds is 9. The molecular formula is C25H22N2O5S. The summed E-state index contributed by atoms with van der Waals surface area (Å²) in [5.41, 5.74) is 3.70. The highest BCUT2D eigenvalue weighted by Crippen LogP contribution is 2.37. The molecule has 2 heterocycles. The van der Waals surface area contributed by atoms with E-state index in [4.69, 9.17) is 24.3 Å². The molecule has 0 aliphatic rings. The fourth-order valence-electron chi connectivity index (χ4n) is 3.23. The molecule has 0 aliphatic heterocycles. The van der Waals surface area contributed by atoms with E-state index < -0.39 is 5.97 Å². The number of hydrogen-bond acceptors (Lipinski definition) is 7. The summed E-state index contributed by atoms with van der Waals surface area (Å²) >= 11 is 1.57. The molecule has 2 aromatic heterocycles. The first-order valence-corrected chi connectivity index (χ1v) is 11.0. The minimum atomic E-state index is -1.02. The highest BCUT2D eigenvalue weighted by atomic mass is 32.1. The Morgan fingerprint density at radius 3 is 2.36 bits per heavy atom. The Balaban J connectivity index is 1.56. The van der Waals surface area contributed by atoms with Crippen LogP contribution in [-0.2, 0) is 11.4 Å². The van der Waals surface area contributed by atoms with Crippen LogP contribution in [0.25, 0.3) is 21.7 Å². The van der Waals surface area contributed by atoms with Gasteiger partial charge < -0.3 is 19.3 Å². The molecule has 168 valence electrons. The van der Waals surface area contributed by atoms with Crippen LogP contribution in [0.1, 0.15) is 10.6 Å². The van der Waals surface area contributed by atoms with E-state index in [1.54, 1.807) is 43.0 Å². The quantitative estimate of drug-likeness (QED) is 0.364. The number of carboxylic acid groups (broad SMARTS) is 1. The minimum Gasteiger partial charge on any atom is -0.497 e. The normalized spacial score (nSPS) is 10.6. The van der Waals surface area contributed by atoms with Gasteiger partial charge in [0, 0.05) is 18.0 Å². The van der Waals surface area contributed by atoms with Crippen molar-refractivity contribution in [2.45, 2.75) is 13.5 Å². The van der Waals surface area contributed by atoms with E-state index in [1.807, 2.05) is 49.4 Å². The third-order valence-electron chi connectivity index (χ3n) is 4.84. The van der Waals surface area contributed by atoms with Gasteiger partial charge in [0.25, 0.3) is 0 Å². The molecule has 0 saturated carbocycles. The molecule has 0 radical (unpaired) electrons. The van der Waals surface area contributed by atoms with E-state index in [2.05, 4.69) is 4.98 Å². The van der Waals surface area contributed by atoms with Crippen molar-refractivity contribution in [3.8, 4) is 38.9 Å². The van der Waals surface area contributed by atoms with E-state index in [9.17, 15) is 4.79 Å². The first-order chi connectivity index (χ1) is 16.0. The van der Waals surface area contributed by atoms with Crippen molar-refractivity contribution in [3.63, 3.8) is 0 Å². The highest BCUT2D eigenvalue weighted by molar-refractivity contribution is 7.15. The Kier molecular flexibility index (Phi) is 6.85. The lowest BCUT2D eigenvalue weighted by atomic mass is 10.1. The van der Waals surface area contributed by atoms with Gasteiger partial charge in [0.1, 0.15) is 28.9 Å². The maximum absolute atomic E-state index is 10.7. The second kappa shape index (κ2) is 10.1. The molecule has 0 bridgehead atoms. The van der Waals surface area contributed by atoms with Crippen molar-refractivity contribution in [3.05, 3.63) is 77.6 Å². The summed E-state index contributed by atoms with van der Waals surface area (Å²) in [4.78, 5) is 20.7. The number of carboxylic acids is 1. The largest absolute Gasteiger partial charge is 0.497 e. The van der Waals surface area contributed by atoms with Crippen LogP contribution in [0, 0.1) is 6.92 Å². The molecule has 1 N–H and O–H groups in total. The third-order valence-corrected chi connectivity index (χ3v) is 5.92. The zero-order valence-corrected chi connectivity index (χ0v) is 19.0. The van der Waals surface area contributed by atoms with Crippen molar-refractivity contribution in [1.82, 2.24) is 9.97 Å². The monoisotopic (exact) mass is 462 g/mol. The molecule has 0 atom stereocenters. The predicted molar refractivity (Wildman–Crippen MR) is 126 cm³/mol. The van der Waals surface area contributed by atoms with Gasteiger partial charge >= 0.3 is 5.97 Å². The summed E-state index contributed by atoms with van der Waals surface area (Å²) in [6.07, 6.45) is 3.53. The van der Waals surface area contributed by atoms with Crippen LogP contribution in [-0.4, -0.2) is 34.8 Å². The van der Waals surface area contributed by atoms with E-state index in [0.29, 0.717) is 18.1 Å². The summed E-state index contributed by atoms with van der Waals surface area (Å²) in [5, 5.41) is 9.61. The summed E-state index contributed by atoms with van der Waals surface area (Å²) in [6, 6.07) is 17.0. The molecule has 0 aliphatic carbocycles. The lowest BCUT2D eigenvalue weighted by Gasteiger charge is -2.09. The number of hydrogen-bond donors (Lipinski definition) is 1. The van der Waals surface area contributed by atoms with Gasteiger partial charge in [-0.05, 0) is 72.6 Å². The molecule has 2 aromatic carbocycles. The van der Waals surface area contributed by atoms with Crippen LogP contribution in [0.4, 0.5) is 0 Å². The van der Waals surface area contributed by atoms with Crippen LogP contribution >= 0.6 is 11.3 Å². The number of aromatic nitrogens is 2. The molecule has 0 unspecified atom stereocenters. The van der Waals surface area contributed by atoms with Crippen LogP contribution in [0.3, 0.4) is 0 Å². The van der Waals surface area contributed by atoms with Gasteiger partial charge in [-0.3, -0.25) is 4.98 Å². The van der Waals surface area contributed by atoms with E-state index in [-0.39, 0.29) is 6.61 Å². The summed E-state index contributed by atoms with van der Waals surface area (Å²) in [5.74, 6) is 0.938. The smallest absolute Gasteiger partial charge is 0.341 e. The van der Waals surface area contributed by atoms with Crippen LogP contribution in [0.5, 0.6) is 17.2 Å². The molecule has 0 spiro atoms. The number of ether oxygens (including phenoxy) is 3. The molecule has 7 nitrogen and oxygen atoms in total. The first-order valence-electron chi connectivity index (χ1n) is 10.2. The molecule has 0 fully saturated rings. The van der Waals surface area contributed by atoms with Crippen molar-refractivity contribution < 1.29 is 24.1 Å². The number of benzene rings is 2. The Bertz CT molecular complexity index is 1240. The number of pyridine rings is 1. The van der Waals surface area contributed by atoms with Crippen molar-refractivity contribution in [1.29, 1.82) is 0 Å². The van der Waals surface area contributed by atoms with E-state index in [1.165, 1.54) is 0 Å². The number of thiazole rings is 1. The first kappa shape index (κ1) is 22.3. The summed E-state index contributed by atoms with van der Waals surface area (Å²) < 4.78 is 16.5. The molecule has 33 heavy (non-hydrogen) atoms. The van der Waals surface area contributed by atoms with Crippen molar-refractivity contribution >= 4 is 17.3 Å². The van der Waals surface area contributed by atoms with Crippen LogP contribution in [0.15, 0.2) is 67.0 Å². The Morgan fingerprint density at radius 2 is 1.70 bits per heavy atom. The molecule has 0 amide bonds. The van der Waals surface area contributed by atoms with Crippen molar-refractivity contribution in [2.24, 2.45) is 0 Å². The topological polar surface area (TPSA) is 90.8 Å². The zero-order valence-electron chi connectivity index (χ0n) is 18.1. The van der Waals surface area contributed by atoms with E-state index in [0.717, 1.165) is 38.0 Å². The predicted octanol–water partition coefficient (Wildman–Crippen LogP) is 5.23. The minimum absolute atomic E-state index is 0.299. The molecule has 0 saturated heterocycles.